The van der Waals surface area contributed by atoms with E-state index in [1.54, 1.807) is 35.9 Å². The largest absolute Gasteiger partial charge is 0.310 e. The molecule has 1 N–H and O–H groups in total. The Bertz CT molecular complexity index is 1140. The van der Waals surface area contributed by atoms with Gasteiger partial charge in [-0.15, -0.1) is 10.2 Å². The van der Waals surface area contributed by atoms with E-state index in [0.29, 0.717) is 29.4 Å². The van der Waals surface area contributed by atoms with Crippen molar-refractivity contribution in [2.24, 2.45) is 0 Å². The maximum Gasteiger partial charge on any atom is 0.269 e. The molecule has 0 aliphatic heterocycles. The summed E-state index contributed by atoms with van der Waals surface area (Å²) >= 11 is 0. The Morgan fingerprint density at radius 2 is 1.84 bits per heavy atom. The molecular formula is C22H22N8O. The summed E-state index contributed by atoms with van der Waals surface area (Å²) < 4.78 is 1.95. The smallest absolute Gasteiger partial charge is 0.269 e. The topological polar surface area (TPSA) is 102 Å². The van der Waals surface area contributed by atoms with Crippen molar-refractivity contribution >= 4 is 11.7 Å². The Hall–Kier alpha value is -4.14. The Morgan fingerprint density at radius 3 is 2.58 bits per heavy atom. The molecule has 4 aromatic rings. The number of hydrogen-bond donors (Lipinski definition) is 1. The van der Waals surface area contributed by atoms with E-state index in [1.807, 2.05) is 41.0 Å². The first-order valence-corrected chi connectivity index (χ1v) is 9.86. The van der Waals surface area contributed by atoms with Crippen molar-refractivity contribution in [1.29, 1.82) is 0 Å². The van der Waals surface area contributed by atoms with E-state index in [2.05, 4.69) is 39.4 Å². The minimum Gasteiger partial charge on any atom is -0.310 e. The summed E-state index contributed by atoms with van der Waals surface area (Å²) in [5.74, 6) is 0.980. The summed E-state index contributed by atoms with van der Waals surface area (Å²) in [4.78, 5) is 25.7. The fraction of sp³-hybridized carbons (Fsp3) is 0.182. The summed E-state index contributed by atoms with van der Waals surface area (Å²) in [5, 5.41) is 9.92. The van der Waals surface area contributed by atoms with Crippen molar-refractivity contribution in [1.82, 2.24) is 35.1 Å². The second-order valence-corrected chi connectivity index (χ2v) is 7.18. The third kappa shape index (κ3) is 4.72. The van der Waals surface area contributed by atoms with Gasteiger partial charge in [-0.25, -0.2) is 15.0 Å². The quantitative estimate of drug-likeness (QED) is 0.464. The van der Waals surface area contributed by atoms with Crippen molar-refractivity contribution < 1.29 is 4.79 Å². The number of nitrogens with zero attached hydrogens (tertiary/aromatic N) is 7. The van der Waals surface area contributed by atoms with Gasteiger partial charge in [0.15, 0.2) is 5.82 Å². The van der Waals surface area contributed by atoms with Crippen LogP contribution in [0.2, 0.25) is 0 Å². The molecule has 0 atom stereocenters. The number of amides is 1. The number of anilines is 1. The van der Waals surface area contributed by atoms with Crippen molar-refractivity contribution in [2.45, 2.75) is 26.4 Å². The molecule has 0 bridgehead atoms. The number of carbonyl (C=O) groups is 1. The number of rotatable bonds is 7. The van der Waals surface area contributed by atoms with Crippen LogP contribution in [0.3, 0.4) is 0 Å². The summed E-state index contributed by atoms with van der Waals surface area (Å²) in [7, 11) is 0. The molecule has 0 radical (unpaired) electrons. The summed E-state index contributed by atoms with van der Waals surface area (Å²) in [6.45, 7) is 4.45. The lowest BCUT2D eigenvalue weighted by Crippen LogP contribution is -2.42. The van der Waals surface area contributed by atoms with Crippen LogP contribution >= 0.6 is 0 Å². The molecule has 156 valence electrons. The van der Waals surface area contributed by atoms with Crippen LogP contribution in [0, 0.1) is 0 Å². The first-order chi connectivity index (χ1) is 15.1. The summed E-state index contributed by atoms with van der Waals surface area (Å²) in [6, 6.07) is 14.8. The van der Waals surface area contributed by atoms with E-state index < -0.39 is 0 Å². The lowest BCUT2D eigenvalue weighted by molar-refractivity contribution is 0.0947. The van der Waals surface area contributed by atoms with E-state index in [-0.39, 0.29) is 11.9 Å². The summed E-state index contributed by atoms with van der Waals surface area (Å²) in [5.41, 5.74) is 4.98. The van der Waals surface area contributed by atoms with Gasteiger partial charge in [0.05, 0.1) is 6.54 Å². The van der Waals surface area contributed by atoms with Crippen LogP contribution in [0.5, 0.6) is 0 Å². The minimum absolute atomic E-state index is 0.186. The fourth-order valence-corrected chi connectivity index (χ4v) is 3.05. The maximum atomic E-state index is 12.8. The number of hydrazine groups is 1. The lowest BCUT2D eigenvalue weighted by Gasteiger charge is -2.24. The highest BCUT2D eigenvalue weighted by Crippen LogP contribution is 2.21. The number of nitrogens with one attached hydrogen (secondary N) is 1. The average Bonchev–Trinajstić information content (AvgIpc) is 3.30. The molecule has 9 heteroatoms. The van der Waals surface area contributed by atoms with Crippen LogP contribution in [-0.4, -0.2) is 35.6 Å². The van der Waals surface area contributed by atoms with Gasteiger partial charge < -0.3 is 4.57 Å². The Balaban J connectivity index is 1.68. The van der Waals surface area contributed by atoms with Crippen LogP contribution in [0.4, 0.5) is 5.82 Å². The number of benzene rings is 1. The third-order valence-corrected chi connectivity index (χ3v) is 4.60. The zero-order valence-corrected chi connectivity index (χ0v) is 17.3. The normalized spacial score (nSPS) is 10.8. The third-order valence-electron chi connectivity index (χ3n) is 4.60. The molecule has 3 aromatic heterocycles. The van der Waals surface area contributed by atoms with Crippen molar-refractivity contribution in [3.05, 3.63) is 84.7 Å². The van der Waals surface area contributed by atoms with E-state index in [0.717, 1.165) is 5.56 Å². The van der Waals surface area contributed by atoms with Crippen molar-refractivity contribution in [3.63, 3.8) is 0 Å². The van der Waals surface area contributed by atoms with Gasteiger partial charge in [0.1, 0.15) is 24.2 Å². The second-order valence-electron chi connectivity index (χ2n) is 7.18. The lowest BCUT2D eigenvalue weighted by atomic mass is 10.2. The zero-order valence-electron chi connectivity index (χ0n) is 17.3. The Labute approximate surface area is 179 Å². The van der Waals surface area contributed by atoms with E-state index in [9.17, 15) is 4.79 Å². The van der Waals surface area contributed by atoms with Crippen LogP contribution in [0.15, 0.2) is 73.6 Å². The molecule has 1 amide bonds. The first-order valence-electron chi connectivity index (χ1n) is 9.86. The Kier molecular flexibility index (Phi) is 5.93. The number of pyridine rings is 1. The van der Waals surface area contributed by atoms with Gasteiger partial charge in [-0.1, -0.05) is 24.3 Å². The number of hydrogen-bond acceptors (Lipinski definition) is 7. The van der Waals surface area contributed by atoms with Crippen molar-refractivity contribution in [2.75, 3.05) is 5.01 Å². The monoisotopic (exact) mass is 414 g/mol. The molecule has 31 heavy (non-hydrogen) atoms. The molecule has 0 saturated carbocycles. The average molecular weight is 414 g/mol. The predicted molar refractivity (Wildman–Crippen MR) is 116 cm³/mol. The van der Waals surface area contributed by atoms with Gasteiger partial charge in [0.25, 0.3) is 5.91 Å². The van der Waals surface area contributed by atoms with Crippen LogP contribution in [0.25, 0.3) is 11.5 Å². The highest BCUT2D eigenvalue weighted by atomic mass is 16.2. The first kappa shape index (κ1) is 20.1. The Morgan fingerprint density at radius 1 is 1.06 bits per heavy atom. The molecular weight excluding hydrogens is 392 g/mol. The molecule has 0 aliphatic carbocycles. The van der Waals surface area contributed by atoms with Crippen LogP contribution in [-0.2, 0) is 6.54 Å². The highest BCUT2D eigenvalue weighted by Gasteiger charge is 2.17. The molecule has 0 unspecified atom stereocenters. The second kappa shape index (κ2) is 9.12. The number of carbonyl (C=O) groups excluding carboxylic acids is 1. The minimum atomic E-state index is -0.241. The van der Waals surface area contributed by atoms with Gasteiger partial charge in [-0.3, -0.25) is 15.2 Å². The van der Waals surface area contributed by atoms with Crippen LogP contribution < -0.4 is 10.4 Å². The van der Waals surface area contributed by atoms with Gasteiger partial charge >= 0.3 is 0 Å². The standard InChI is InChI=1S/C22H22N8O/c1-16(2)29-15-25-27-21(29)19-9-6-10-20(26-19)30(13-17-11-23-14-24-12-17)28-22(31)18-7-4-3-5-8-18/h3-12,14-16H,13H2,1-2H3,(H,28,31). The fourth-order valence-electron chi connectivity index (χ4n) is 3.05. The molecule has 4 rings (SSSR count). The van der Waals surface area contributed by atoms with Gasteiger partial charge in [-0.2, -0.15) is 0 Å². The highest BCUT2D eigenvalue weighted by molar-refractivity contribution is 5.95. The molecule has 0 fully saturated rings. The van der Waals surface area contributed by atoms with E-state index in [1.165, 1.54) is 6.33 Å². The van der Waals surface area contributed by atoms with E-state index >= 15 is 0 Å². The molecule has 1 aromatic carbocycles. The van der Waals surface area contributed by atoms with Crippen molar-refractivity contribution in [3.8, 4) is 11.5 Å². The zero-order chi connectivity index (χ0) is 21.6. The molecule has 0 spiro atoms. The maximum absolute atomic E-state index is 12.8. The van der Waals surface area contributed by atoms with Gasteiger partial charge in [0.2, 0.25) is 0 Å². The van der Waals surface area contributed by atoms with Gasteiger partial charge in [0, 0.05) is 29.6 Å². The molecule has 3 heterocycles. The predicted octanol–water partition coefficient (Wildman–Crippen LogP) is 3.06. The van der Waals surface area contributed by atoms with E-state index in [4.69, 9.17) is 4.98 Å². The number of aromatic nitrogens is 6. The molecule has 9 nitrogen and oxygen atoms in total. The molecule has 0 saturated heterocycles. The van der Waals surface area contributed by atoms with Gasteiger partial charge in [-0.05, 0) is 38.1 Å². The summed E-state index contributed by atoms with van der Waals surface area (Å²) in [6.07, 6.45) is 6.56. The molecule has 0 aliphatic rings. The SMILES string of the molecule is CC(C)n1cnnc1-c1cccc(N(Cc2cncnc2)NC(=O)c2ccccc2)n1. The van der Waals surface area contributed by atoms with Crippen LogP contribution in [0.1, 0.15) is 35.8 Å².